The lowest BCUT2D eigenvalue weighted by molar-refractivity contribution is 0.564. The number of rotatable bonds is 1. The van der Waals surface area contributed by atoms with Crippen molar-refractivity contribution in [2.45, 2.75) is 0 Å². The molecule has 2 heterocycles. The first-order chi connectivity index (χ1) is 12.7. The Balaban J connectivity index is 1.93. The molecule has 0 aliphatic rings. The summed E-state index contributed by atoms with van der Waals surface area (Å²) in [5, 5.41) is 2.46. The van der Waals surface area contributed by atoms with E-state index in [4.69, 9.17) is 4.42 Å². The summed E-state index contributed by atoms with van der Waals surface area (Å²) in [7, 11) is 0. The zero-order valence-corrected chi connectivity index (χ0v) is 13.5. The monoisotopic (exact) mass is 340 g/mol. The standard InChI is InChI=1S/C21H12N2O3/c24-18-11-15(19-21(25)23-17-8-4-3-7-16(17)22-19)14-10-9-12-5-1-2-6-13(12)20(14)26-18/h1-11H,(H,23,25). The third kappa shape index (κ3) is 2.14. The maximum atomic E-state index is 12.6. The fraction of sp³-hybridized carbons (Fsp3) is 0. The van der Waals surface area contributed by atoms with Crippen molar-refractivity contribution < 1.29 is 4.42 Å². The Labute approximate surface area is 146 Å². The first-order valence-corrected chi connectivity index (χ1v) is 8.16. The summed E-state index contributed by atoms with van der Waals surface area (Å²) < 4.78 is 5.47. The lowest BCUT2D eigenvalue weighted by atomic mass is 10.0. The van der Waals surface area contributed by atoms with Gasteiger partial charge in [0.2, 0.25) is 0 Å². The van der Waals surface area contributed by atoms with Crippen molar-refractivity contribution in [1.29, 1.82) is 0 Å². The zero-order chi connectivity index (χ0) is 17.7. The first kappa shape index (κ1) is 14.6. The lowest BCUT2D eigenvalue weighted by Gasteiger charge is -2.08. The average molecular weight is 340 g/mol. The highest BCUT2D eigenvalue weighted by atomic mass is 16.4. The third-order valence-electron chi connectivity index (χ3n) is 4.49. The molecule has 1 N–H and O–H groups in total. The van der Waals surface area contributed by atoms with Crippen molar-refractivity contribution in [2.24, 2.45) is 0 Å². The molecule has 124 valence electrons. The van der Waals surface area contributed by atoms with Crippen molar-refractivity contribution in [3.8, 4) is 11.3 Å². The van der Waals surface area contributed by atoms with Gasteiger partial charge in [0.1, 0.15) is 11.3 Å². The van der Waals surface area contributed by atoms with Crippen LogP contribution in [0.2, 0.25) is 0 Å². The number of para-hydroxylation sites is 2. The van der Waals surface area contributed by atoms with Gasteiger partial charge in [-0.05, 0) is 23.6 Å². The number of aromatic amines is 1. The summed E-state index contributed by atoms with van der Waals surface area (Å²) in [4.78, 5) is 32.1. The minimum atomic E-state index is -0.516. The van der Waals surface area contributed by atoms with Crippen LogP contribution in [-0.4, -0.2) is 9.97 Å². The Morgan fingerprint density at radius 3 is 2.58 bits per heavy atom. The van der Waals surface area contributed by atoms with Crippen LogP contribution in [0.25, 0.3) is 44.0 Å². The van der Waals surface area contributed by atoms with Gasteiger partial charge in [0.05, 0.1) is 11.0 Å². The normalized spacial score (nSPS) is 11.4. The summed E-state index contributed by atoms with van der Waals surface area (Å²) in [6, 6.07) is 20.1. The Hall–Kier alpha value is -3.73. The van der Waals surface area contributed by atoms with Crippen LogP contribution >= 0.6 is 0 Å². The third-order valence-corrected chi connectivity index (χ3v) is 4.49. The van der Waals surface area contributed by atoms with E-state index in [0.29, 0.717) is 27.6 Å². The molecular formula is C21H12N2O3. The second-order valence-electron chi connectivity index (χ2n) is 6.07. The van der Waals surface area contributed by atoms with Crippen LogP contribution in [0.5, 0.6) is 0 Å². The second kappa shape index (κ2) is 5.39. The summed E-state index contributed by atoms with van der Waals surface area (Å²) in [6.45, 7) is 0. The van der Waals surface area contributed by atoms with Crippen LogP contribution in [0.1, 0.15) is 0 Å². The first-order valence-electron chi connectivity index (χ1n) is 8.16. The molecule has 5 nitrogen and oxygen atoms in total. The highest BCUT2D eigenvalue weighted by Gasteiger charge is 2.15. The average Bonchev–Trinajstić information content (AvgIpc) is 2.66. The van der Waals surface area contributed by atoms with Gasteiger partial charge in [0.15, 0.2) is 0 Å². The van der Waals surface area contributed by atoms with Crippen LogP contribution in [0.4, 0.5) is 0 Å². The molecule has 26 heavy (non-hydrogen) atoms. The molecule has 0 fully saturated rings. The number of benzene rings is 3. The fourth-order valence-corrected chi connectivity index (χ4v) is 3.30. The van der Waals surface area contributed by atoms with Gasteiger partial charge in [-0.3, -0.25) is 4.79 Å². The molecule has 0 bridgehead atoms. The summed E-state index contributed by atoms with van der Waals surface area (Å²) in [5.41, 5.74) is 1.58. The van der Waals surface area contributed by atoms with E-state index in [1.807, 2.05) is 54.6 Å². The quantitative estimate of drug-likeness (QED) is 0.371. The lowest BCUT2D eigenvalue weighted by Crippen LogP contribution is -2.13. The molecule has 5 aromatic rings. The zero-order valence-electron chi connectivity index (χ0n) is 13.5. The molecule has 0 aliphatic heterocycles. The minimum absolute atomic E-state index is 0.205. The van der Waals surface area contributed by atoms with Gasteiger partial charge in [-0.1, -0.05) is 42.5 Å². The highest BCUT2D eigenvalue weighted by molar-refractivity contribution is 6.08. The van der Waals surface area contributed by atoms with Crippen molar-refractivity contribution in [3.63, 3.8) is 0 Å². The van der Waals surface area contributed by atoms with E-state index in [-0.39, 0.29) is 11.3 Å². The number of nitrogens with zero attached hydrogens (tertiary/aromatic N) is 1. The summed E-state index contributed by atoms with van der Waals surface area (Å²) in [5.74, 6) is 0. The van der Waals surface area contributed by atoms with E-state index in [2.05, 4.69) is 9.97 Å². The summed E-state index contributed by atoms with van der Waals surface area (Å²) >= 11 is 0. The summed E-state index contributed by atoms with van der Waals surface area (Å²) in [6.07, 6.45) is 0. The Morgan fingerprint density at radius 1 is 0.846 bits per heavy atom. The Kier molecular flexibility index (Phi) is 3.03. The molecule has 3 aromatic carbocycles. The van der Waals surface area contributed by atoms with E-state index in [1.165, 1.54) is 6.07 Å². The van der Waals surface area contributed by atoms with Crippen LogP contribution in [-0.2, 0) is 0 Å². The highest BCUT2D eigenvalue weighted by Crippen LogP contribution is 2.30. The van der Waals surface area contributed by atoms with Crippen LogP contribution in [0.15, 0.2) is 80.7 Å². The second-order valence-corrected chi connectivity index (χ2v) is 6.07. The van der Waals surface area contributed by atoms with E-state index in [9.17, 15) is 9.59 Å². The fourth-order valence-electron chi connectivity index (χ4n) is 3.30. The molecule has 0 unspecified atom stereocenters. The van der Waals surface area contributed by atoms with Crippen LogP contribution in [0, 0.1) is 0 Å². The van der Waals surface area contributed by atoms with Crippen molar-refractivity contribution in [3.05, 3.63) is 87.5 Å². The molecule has 0 amide bonds. The van der Waals surface area contributed by atoms with Crippen LogP contribution in [0.3, 0.4) is 0 Å². The molecule has 2 aromatic heterocycles. The minimum Gasteiger partial charge on any atom is -0.422 e. The number of nitrogens with one attached hydrogen (secondary N) is 1. The maximum absolute atomic E-state index is 12.6. The topological polar surface area (TPSA) is 76.0 Å². The molecule has 0 saturated heterocycles. The predicted molar refractivity (Wildman–Crippen MR) is 101 cm³/mol. The van der Waals surface area contributed by atoms with Gasteiger partial charge in [0.25, 0.3) is 5.56 Å². The molecule has 5 heteroatoms. The van der Waals surface area contributed by atoms with Gasteiger partial charge < -0.3 is 9.40 Å². The van der Waals surface area contributed by atoms with Crippen molar-refractivity contribution in [1.82, 2.24) is 9.97 Å². The number of aromatic nitrogens is 2. The number of H-pyrrole nitrogens is 1. The van der Waals surface area contributed by atoms with Gasteiger partial charge in [-0.2, -0.15) is 0 Å². The van der Waals surface area contributed by atoms with Gasteiger partial charge in [-0.25, -0.2) is 9.78 Å². The Bertz CT molecular complexity index is 1430. The van der Waals surface area contributed by atoms with Gasteiger partial charge in [-0.15, -0.1) is 0 Å². The molecule has 0 aliphatic carbocycles. The Morgan fingerprint density at radius 2 is 1.65 bits per heavy atom. The number of fused-ring (bicyclic) bond motifs is 4. The molecule has 0 saturated carbocycles. The maximum Gasteiger partial charge on any atom is 0.336 e. The van der Waals surface area contributed by atoms with Gasteiger partial charge >= 0.3 is 5.63 Å². The molecular weight excluding hydrogens is 328 g/mol. The molecule has 5 rings (SSSR count). The van der Waals surface area contributed by atoms with Crippen molar-refractivity contribution >= 4 is 32.8 Å². The van der Waals surface area contributed by atoms with E-state index < -0.39 is 5.63 Å². The van der Waals surface area contributed by atoms with E-state index in [0.717, 1.165) is 10.8 Å². The number of hydrogen-bond donors (Lipinski definition) is 1. The molecule has 0 radical (unpaired) electrons. The molecule has 0 atom stereocenters. The smallest absolute Gasteiger partial charge is 0.336 e. The number of hydrogen-bond acceptors (Lipinski definition) is 4. The van der Waals surface area contributed by atoms with Crippen LogP contribution < -0.4 is 11.2 Å². The van der Waals surface area contributed by atoms with E-state index in [1.54, 1.807) is 6.07 Å². The molecule has 0 spiro atoms. The SMILES string of the molecule is O=c1cc(-c2nc3ccccc3[nH]c2=O)c2ccc3ccccc3c2o1. The van der Waals surface area contributed by atoms with E-state index >= 15 is 0 Å². The predicted octanol–water partition coefficient (Wildman–Crippen LogP) is 3.85. The van der Waals surface area contributed by atoms with Crippen molar-refractivity contribution in [2.75, 3.05) is 0 Å². The largest absolute Gasteiger partial charge is 0.422 e. The van der Waals surface area contributed by atoms with Gasteiger partial charge in [0, 0.05) is 22.4 Å².